The summed E-state index contributed by atoms with van der Waals surface area (Å²) in [6.45, 7) is 19.8. The third-order valence-corrected chi connectivity index (χ3v) is 9.63. The minimum atomic E-state index is -0.601. The maximum atomic E-state index is 13.1. The number of anilines is 1. The van der Waals surface area contributed by atoms with Gasteiger partial charge in [0.2, 0.25) is 5.13 Å². The van der Waals surface area contributed by atoms with Crippen LogP contribution in [0, 0.1) is 5.92 Å². The van der Waals surface area contributed by atoms with E-state index in [1.54, 1.807) is 11.8 Å². The second-order valence-corrected chi connectivity index (χ2v) is 12.8. The molecule has 1 unspecified atom stereocenters. The van der Waals surface area contributed by atoms with Crippen molar-refractivity contribution in [3.8, 4) is 5.75 Å². The highest BCUT2D eigenvalue weighted by Gasteiger charge is 2.29. The second kappa shape index (κ2) is 13.1. The number of ether oxygens (including phenoxy) is 1. The van der Waals surface area contributed by atoms with Gasteiger partial charge in [0.05, 0.1) is 0 Å². The normalized spacial score (nSPS) is 13.2. The molecule has 1 heterocycles. The van der Waals surface area contributed by atoms with Crippen molar-refractivity contribution in [3.63, 3.8) is 0 Å². The summed E-state index contributed by atoms with van der Waals surface area (Å²) in [5, 5.41) is 11.9. The van der Waals surface area contributed by atoms with Crippen molar-refractivity contribution in [1.82, 2.24) is 10.2 Å². The van der Waals surface area contributed by atoms with Crippen LogP contribution < -0.4 is 10.1 Å². The van der Waals surface area contributed by atoms with Gasteiger partial charge in [0.1, 0.15) is 5.75 Å². The molecule has 1 N–H and O–H groups in total. The van der Waals surface area contributed by atoms with Gasteiger partial charge >= 0.3 is 0 Å². The molecule has 5 nitrogen and oxygen atoms in total. The molecule has 0 aliphatic carbocycles. The fourth-order valence-corrected chi connectivity index (χ4v) is 5.78. The summed E-state index contributed by atoms with van der Waals surface area (Å²) in [5.41, 5.74) is 2.47. The summed E-state index contributed by atoms with van der Waals surface area (Å²) in [5.74, 6) is 2.30. The van der Waals surface area contributed by atoms with E-state index >= 15 is 0 Å². The van der Waals surface area contributed by atoms with E-state index in [0.717, 1.165) is 47.1 Å². The Morgan fingerprint density at radius 2 is 1.66 bits per heavy atom. The molecule has 196 valence electrons. The molecule has 0 radical (unpaired) electrons. The lowest BCUT2D eigenvalue weighted by Gasteiger charge is -2.31. The summed E-state index contributed by atoms with van der Waals surface area (Å²) < 4.78 is 7.26. The largest absolute Gasteiger partial charge is 0.480 e. The number of hydrogen-bond donors (Lipinski definition) is 1. The quantitative estimate of drug-likeness (QED) is 0.201. The second-order valence-electron chi connectivity index (χ2n) is 10.6. The molecule has 0 aliphatic rings. The zero-order valence-electron chi connectivity index (χ0n) is 23.2. The monoisotopic (exact) mass is 519 g/mol. The van der Waals surface area contributed by atoms with E-state index in [-0.39, 0.29) is 16.7 Å². The zero-order chi connectivity index (χ0) is 26.2. The van der Waals surface area contributed by atoms with E-state index in [9.17, 15) is 4.79 Å². The molecule has 1 amide bonds. The van der Waals surface area contributed by atoms with Gasteiger partial charge in [-0.15, -0.1) is 10.2 Å². The summed E-state index contributed by atoms with van der Waals surface area (Å²) in [4.78, 5) is 13.1. The van der Waals surface area contributed by atoms with Crippen molar-refractivity contribution >= 4 is 34.1 Å². The van der Waals surface area contributed by atoms with Crippen molar-refractivity contribution in [2.24, 2.45) is 5.92 Å². The fourth-order valence-electron chi connectivity index (χ4n) is 3.67. The number of aromatic nitrogens is 2. The minimum absolute atomic E-state index is 0.0654. The molecular weight excluding hydrogens is 474 g/mol. The summed E-state index contributed by atoms with van der Waals surface area (Å²) >= 11 is 3.15. The van der Waals surface area contributed by atoms with Crippen molar-refractivity contribution in [1.29, 1.82) is 0 Å². The number of carbonyl (C=O) groups is 1. The molecule has 1 atom stereocenters. The van der Waals surface area contributed by atoms with Gasteiger partial charge in [0, 0.05) is 11.3 Å². The summed E-state index contributed by atoms with van der Waals surface area (Å²) in [6.07, 6.45) is 4.32. The number of benzene rings is 1. The van der Waals surface area contributed by atoms with Gasteiger partial charge in [-0.2, -0.15) is 0 Å². The maximum absolute atomic E-state index is 13.1. The third-order valence-electron chi connectivity index (χ3n) is 7.42. The van der Waals surface area contributed by atoms with Crippen molar-refractivity contribution in [2.75, 3.05) is 11.1 Å². The molecule has 2 rings (SSSR count). The van der Waals surface area contributed by atoms with E-state index in [1.165, 1.54) is 16.9 Å². The van der Waals surface area contributed by atoms with E-state index in [4.69, 9.17) is 4.74 Å². The number of rotatable bonds is 14. The molecule has 2 aromatic rings. The fraction of sp³-hybridized carbons (Fsp3) is 0.679. The van der Waals surface area contributed by atoms with E-state index < -0.39 is 6.10 Å². The molecule has 0 aliphatic heterocycles. The minimum Gasteiger partial charge on any atom is -0.480 e. The van der Waals surface area contributed by atoms with E-state index in [1.807, 2.05) is 13.0 Å². The summed E-state index contributed by atoms with van der Waals surface area (Å²) in [6, 6.07) is 6.47. The number of carbonyl (C=O) groups excluding carboxylic acids is 1. The molecular formula is C28H45N3O2S2. The van der Waals surface area contributed by atoms with Crippen LogP contribution in [0.1, 0.15) is 106 Å². The lowest BCUT2D eigenvalue weighted by atomic mass is 9.76. The topological polar surface area (TPSA) is 64.1 Å². The maximum Gasteiger partial charge on any atom is 0.267 e. The highest BCUT2D eigenvalue weighted by atomic mass is 32.2. The standard InChI is InChI=1S/C28H45N3O2S2/c1-10-19(11-2)18-34-26-31-30-25(35-26)29-24(32)22(12-3)33-23-16-15-20(27(6,7)13-4)17-21(23)28(8,9)14-5/h15-17,19,22H,10-14,18H2,1-9H3,(H,29,30,32). The zero-order valence-corrected chi connectivity index (χ0v) is 24.8. The number of amides is 1. The van der Waals surface area contributed by atoms with Crippen molar-refractivity contribution in [3.05, 3.63) is 29.3 Å². The molecule has 7 heteroatoms. The first-order valence-corrected chi connectivity index (χ1v) is 14.9. The van der Waals surface area contributed by atoms with Gasteiger partial charge in [-0.1, -0.05) is 110 Å². The predicted octanol–water partition coefficient (Wildman–Crippen LogP) is 8.24. The van der Waals surface area contributed by atoms with Crippen LogP contribution in [0.2, 0.25) is 0 Å². The summed E-state index contributed by atoms with van der Waals surface area (Å²) in [7, 11) is 0. The Morgan fingerprint density at radius 3 is 2.23 bits per heavy atom. The number of hydrogen-bond acceptors (Lipinski definition) is 6. The van der Waals surface area contributed by atoms with Crippen LogP contribution in [0.4, 0.5) is 5.13 Å². The van der Waals surface area contributed by atoms with Crippen LogP contribution in [0.3, 0.4) is 0 Å². The molecule has 0 saturated carbocycles. The highest BCUT2D eigenvalue weighted by Crippen LogP contribution is 2.39. The molecule has 0 fully saturated rings. The average Bonchev–Trinajstić information content (AvgIpc) is 3.29. The van der Waals surface area contributed by atoms with Crippen LogP contribution in [0.25, 0.3) is 0 Å². The average molecular weight is 520 g/mol. The Labute approximate surface area is 221 Å². The molecule has 1 aromatic heterocycles. The highest BCUT2D eigenvalue weighted by molar-refractivity contribution is 8.01. The first-order chi connectivity index (χ1) is 16.5. The Balaban J connectivity index is 2.18. The van der Waals surface area contributed by atoms with Gasteiger partial charge in [-0.3, -0.25) is 10.1 Å². The van der Waals surface area contributed by atoms with Crippen molar-refractivity contribution in [2.45, 2.75) is 116 Å². The Hall–Kier alpha value is -1.60. The van der Waals surface area contributed by atoms with Crippen LogP contribution in [0.15, 0.2) is 22.5 Å². The molecule has 0 saturated heterocycles. The SMILES string of the molecule is CCC(CC)CSc1nnc(NC(=O)C(CC)Oc2ccc(C(C)(C)CC)cc2C(C)(C)CC)s1. The smallest absolute Gasteiger partial charge is 0.267 e. The van der Waals surface area contributed by atoms with Crippen molar-refractivity contribution < 1.29 is 9.53 Å². The first kappa shape index (κ1) is 29.6. The first-order valence-electron chi connectivity index (χ1n) is 13.1. The number of nitrogens with zero attached hydrogens (tertiary/aromatic N) is 2. The van der Waals surface area contributed by atoms with Crippen LogP contribution >= 0.6 is 23.1 Å². The number of thioether (sulfide) groups is 1. The van der Waals surface area contributed by atoms with Gasteiger partial charge < -0.3 is 4.74 Å². The molecule has 1 aromatic carbocycles. The third kappa shape index (κ3) is 7.94. The number of nitrogens with one attached hydrogen (secondary N) is 1. The van der Waals surface area contributed by atoms with Crippen LogP contribution in [-0.2, 0) is 15.6 Å². The van der Waals surface area contributed by atoms with Crippen LogP contribution in [0.5, 0.6) is 5.75 Å². The Kier molecular flexibility index (Phi) is 11.1. The van der Waals surface area contributed by atoms with E-state index in [0.29, 0.717) is 17.5 Å². The van der Waals surface area contributed by atoms with Gasteiger partial charge in [-0.05, 0) is 47.6 Å². The Morgan fingerprint density at radius 1 is 1.00 bits per heavy atom. The van der Waals surface area contributed by atoms with E-state index in [2.05, 4.69) is 83.0 Å². The van der Waals surface area contributed by atoms with Gasteiger partial charge in [0.15, 0.2) is 10.4 Å². The molecule has 35 heavy (non-hydrogen) atoms. The lowest BCUT2D eigenvalue weighted by Crippen LogP contribution is -2.33. The molecule has 0 spiro atoms. The van der Waals surface area contributed by atoms with Crippen LogP contribution in [-0.4, -0.2) is 28.0 Å². The predicted molar refractivity (Wildman–Crippen MR) is 151 cm³/mol. The van der Waals surface area contributed by atoms with Gasteiger partial charge in [0.25, 0.3) is 5.91 Å². The van der Waals surface area contributed by atoms with Gasteiger partial charge in [-0.25, -0.2) is 0 Å². The Bertz CT molecular complexity index is 951. The lowest BCUT2D eigenvalue weighted by molar-refractivity contribution is -0.122. The molecule has 0 bridgehead atoms.